The van der Waals surface area contributed by atoms with E-state index in [9.17, 15) is 9.59 Å². The van der Waals surface area contributed by atoms with E-state index in [0.717, 1.165) is 31.6 Å². The lowest BCUT2D eigenvalue weighted by molar-refractivity contribution is -0.132. The predicted molar refractivity (Wildman–Crippen MR) is 114 cm³/mol. The number of hydrogen-bond donors (Lipinski definition) is 1. The number of hydrogen-bond acceptors (Lipinski definition) is 3. The van der Waals surface area contributed by atoms with E-state index in [1.165, 1.54) is 11.1 Å². The molecule has 1 aliphatic rings. The van der Waals surface area contributed by atoms with Gasteiger partial charge in [0.25, 0.3) is 5.91 Å². The van der Waals surface area contributed by atoms with Crippen LogP contribution >= 0.6 is 0 Å². The molecule has 0 unspecified atom stereocenters. The molecule has 5 nitrogen and oxygen atoms in total. The van der Waals surface area contributed by atoms with Crippen LogP contribution < -0.4 is 10.1 Å². The normalized spacial score (nSPS) is 12.9. The maximum atomic E-state index is 12.5. The Kier molecular flexibility index (Phi) is 7.68. The van der Waals surface area contributed by atoms with Gasteiger partial charge in [0.05, 0.1) is 6.61 Å². The fourth-order valence-corrected chi connectivity index (χ4v) is 3.45. The first-order valence-electron chi connectivity index (χ1n) is 10.5. The van der Waals surface area contributed by atoms with Gasteiger partial charge in [-0.15, -0.1) is 0 Å². The Labute approximate surface area is 173 Å². The van der Waals surface area contributed by atoms with Crippen LogP contribution in [-0.2, 0) is 17.8 Å². The average molecular weight is 395 g/mol. The maximum absolute atomic E-state index is 12.5. The molecule has 1 heterocycles. The van der Waals surface area contributed by atoms with Gasteiger partial charge >= 0.3 is 0 Å². The SMILES string of the molecule is CCCCOc1ccc(C(=O)NCCCC(=O)N2CCc3ccccc3C2)cc1. The number of carbonyl (C=O) groups is 2. The fraction of sp³-hybridized carbons (Fsp3) is 0.417. The van der Waals surface area contributed by atoms with E-state index in [0.29, 0.717) is 38.1 Å². The van der Waals surface area contributed by atoms with Crippen LogP contribution in [0.2, 0.25) is 0 Å². The van der Waals surface area contributed by atoms with Gasteiger partial charge in [-0.2, -0.15) is 0 Å². The topological polar surface area (TPSA) is 58.6 Å². The summed E-state index contributed by atoms with van der Waals surface area (Å²) in [5.41, 5.74) is 3.18. The van der Waals surface area contributed by atoms with E-state index in [2.05, 4.69) is 24.4 Å². The largest absolute Gasteiger partial charge is 0.494 e. The minimum atomic E-state index is -0.121. The number of rotatable bonds is 9. The zero-order valence-corrected chi connectivity index (χ0v) is 17.2. The van der Waals surface area contributed by atoms with E-state index in [1.807, 2.05) is 29.2 Å². The molecule has 2 aromatic rings. The van der Waals surface area contributed by atoms with Gasteiger partial charge in [0.15, 0.2) is 0 Å². The van der Waals surface area contributed by atoms with E-state index >= 15 is 0 Å². The molecule has 0 atom stereocenters. The zero-order valence-electron chi connectivity index (χ0n) is 17.2. The molecule has 1 N–H and O–H groups in total. The van der Waals surface area contributed by atoms with Gasteiger partial charge in [0.1, 0.15) is 5.75 Å². The summed E-state index contributed by atoms with van der Waals surface area (Å²) >= 11 is 0. The summed E-state index contributed by atoms with van der Waals surface area (Å²) in [6, 6.07) is 15.5. The Morgan fingerprint density at radius 3 is 2.55 bits per heavy atom. The summed E-state index contributed by atoms with van der Waals surface area (Å²) in [7, 11) is 0. The van der Waals surface area contributed by atoms with Crippen molar-refractivity contribution in [1.29, 1.82) is 0 Å². The average Bonchev–Trinajstić information content (AvgIpc) is 2.76. The van der Waals surface area contributed by atoms with Gasteiger partial charge < -0.3 is 15.0 Å². The fourth-order valence-electron chi connectivity index (χ4n) is 3.45. The van der Waals surface area contributed by atoms with Crippen LogP contribution in [0, 0.1) is 0 Å². The van der Waals surface area contributed by atoms with E-state index in [4.69, 9.17) is 4.74 Å². The molecular formula is C24H30N2O3. The quantitative estimate of drug-likeness (QED) is 0.655. The minimum absolute atomic E-state index is 0.121. The number of unbranched alkanes of at least 4 members (excludes halogenated alkanes) is 1. The lowest BCUT2D eigenvalue weighted by Crippen LogP contribution is -2.36. The molecule has 0 fully saturated rings. The molecule has 3 rings (SSSR count). The maximum Gasteiger partial charge on any atom is 0.251 e. The van der Waals surface area contributed by atoms with Crippen LogP contribution in [0.3, 0.4) is 0 Å². The summed E-state index contributed by atoms with van der Waals surface area (Å²) < 4.78 is 5.61. The van der Waals surface area contributed by atoms with E-state index < -0.39 is 0 Å². The Bertz CT molecular complexity index is 817. The van der Waals surface area contributed by atoms with Crippen molar-refractivity contribution in [3.8, 4) is 5.75 Å². The van der Waals surface area contributed by atoms with Crippen molar-refractivity contribution in [1.82, 2.24) is 10.2 Å². The van der Waals surface area contributed by atoms with Crippen molar-refractivity contribution < 1.29 is 14.3 Å². The van der Waals surface area contributed by atoms with Crippen LogP contribution in [0.5, 0.6) is 5.75 Å². The van der Waals surface area contributed by atoms with Crippen molar-refractivity contribution >= 4 is 11.8 Å². The van der Waals surface area contributed by atoms with Gasteiger partial charge in [0, 0.05) is 31.6 Å². The van der Waals surface area contributed by atoms with Crippen LogP contribution in [0.15, 0.2) is 48.5 Å². The van der Waals surface area contributed by atoms with Crippen molar-refractivity contribution in [3.05, 3.63) is 65.2 Å². The number of fused-ring (bicyclic) bond motifs is 1. The van der Waals surface area contributed by atoms with Gasteiger partial charge in [-0.25, -0.2) is 0 Å². The Morgan fingerprint density at radius 2 is 1.79 bits per heavy atom. The molecule has 0 aliphatic carbocycles. The second kappa shape index (κ2) is 10.6. The second-order valence-corrected chi connectivity index (χ2v) is 7.42. The van der Waals surface area contributed by atoms with Gasteiger partial charge in [-0.1, -0.05) is 37.6 Å². The molecule has 29 heavy (non-hydrogen) atoms. The lowest BCUT2D eigenvalue weighted by atomic mass is 9.99. The number of amides is 2. The third kappa shape index (κ3) is 6.08. The summed E-state index contributed by atoms with van der Waals surface area (Å²) in [6.07, 6.45) is 4.11. The summed E-state index contributed by atoms with van der Waals surface area (Å²) in [5, 5.41) is 2.89. The standard InChI is InChI=1S/C24H30N2O3/c1-2-3-17-29-22-12-10-20(11-13-22)24(28)25-15-6-9-23(27)26-16-14-19-7-4-5-8-21(19)18-26/h4-5,7-8,10-13H,2-3,6,9,14-18H2,1H3,(H,25,28). The Hall–Kier alpha value is -2.82. The molecular weight excluding hydrogens is 364 g/mol. The van der Waals surface area contributed by atoms with Crippen molar-refractivity contribution in [2.75, 3.05) is 19.7 Å². The van der Waals surface area contributed by atoms with Gasteiger partial charge in [0.2, 0.25) is 5.91 Å². The molecule has 0 saturated heterocycles. The lowest BCUT2D eigenvalue weighted by Gasteiger charge is -2.29. The first kappa shape index (κ1) is 20.9. The van der Waals surface area contributed by atoms with Crippen molar-refractivity contribution in [3.63, 3.8) is 0 Å². The highest BCUT2D eigenvalue weighted by atomic mass is 16.5. The Morgan fingerprint density at radius 1 is 1.03 bits per heavy atom. The molecule has 0 saturated carbocycles. The minimum Gasteiger partial charge on any atom is -0.494 e. The highest BCUT2D eigenvalue weighted by Gasteiger charge is 2.19. The molecule has 154 valence electrons. The highest BCUT2D eigenvalue weighted by Crippen LogP contribution is 2.19. The van der Waals surface area contributed by atoms with Crippen molar-refractivity contribution in [2.45, 2.75) is 45.6 Å². The second-order valence-electron chi connectivity index (χ2n) is 7.42. The van der Waals surface area contributed by atoms with Crippen LogP contribution in [-0.4, -0.2) is 36.4 Å². The van der Waals surface area contributed by atoms with Crippen molar-refractivity contribution in [2.24, 2.45) is 0 Å². The molecule has 5 heteroatoms. The molecule has 1 aliphatic heterocycles. The number of benzene rings is 2. The number of nitrogens with one attached hydrogen (secondary N) is 1. The smallest absolute Gasteiger partial charge is 0.251 e. The van der Waals surface area contributed by atoms with Gasteiger partial charge in [-0.3, -0.25) is 9.59 Å². The Balaban J connectivity index is 1.37. The number of carbonyl (C=O) groups excluding carboxylic acids is 2. The van der Waals surface area contributed by atoms with E-state index in [1.54, 1.807) is 12.1 Å². The summed E-state index contributed by atoms with van der Waals surface area (Å²) in [4.78, 5) is 26.6. The third-order valence-electron chi connectivity index (χ3n) is 5.22. The van der Waals surface area contributed by atoms with Gasteiger partial charge in [-0.05, 0) is 54.7 Å². The van der Waals surface area contributed by atoms with E-state index in [-0.39, 0.29) is 11.8 Å². The summed E-state index contributed by atoms with van der Waals surface area (Å²) in [6.45, 7) is 4.77. The zero-order chi connectivity index (χ0) is 20.5. The van der Waals surface area contributed by atoms with Crippen LogP contribution in [0.25, 0.3) is 0 Å². The highest BCUT2D eigenvalue weighted by molar-refractivity contribution is 5.94. The molecule has 0 aromatic heterocycles. The summed E-state index contributed by atoms with van der Waals surface area (Å²) in [5.74, 6) is 0.815. The first-order valence-corrected chi connectivity index (χ1v) is 10.5. The van der Waals surface area contributed by atoms with Crippen LogP contribution in [0.1, 0.15) is 54.1 Å². The monoisotopic (exact) mass is 394 g/mol. The first-order chi connectivity index (χ1) is 14.2. The van der Waals surface area contributed by atoms with Crippen LogP contribution in [0.4, 0.5) is 0 Å². The predicted octanol–water partition coefficient (Wildman–Crippen LogP) is 3.96. The molecule has 2 amide bonds. The number of ether oxygens (including phenoxy) is 1. The molecule has 0 bridgehead atoms. The molecule has 2 aromatic carbocycles. The molecule has 0 spiro atoms. The third-order valence-corrected chi connectivity index (χ3v) is 5.22. The number of nitrogens with zero attached hydrogens (tertiary/aromatic N) is 1. The molecule has 0 radical (unpaired) electrons.